The Labute approximate surface area is 127 Å². The molecule has 1 atom stereocenters. The van der Waals surface area contributed by atoms with E-state index in [2.05, 4.69) is 26.9 Å². The van der Waals surface area contributed by atoms with Gasteiger partial charge in [0.05, 0.1) is 23.2 Å². The van der Waals surface area contributed by atoms with E-state index in [0.29, 0.717) is 13.0 Å². The lowest BCUT2D eigenvalue weighted by Crippen LogP contribution is -2.49. The lowest BCUT2D eigenvalue weighted by molar-refractivity contribution is -0.133. The number of nitrogens with one attached hydrogen (secondary N) is 1. The number of aromatic amines is 1. The van der Waals surface area contributed by atoms with Gasteiger partial charge in [-0.25, -0.2) is 9.97 Å². The molecule has 1 saturated heterocycles. The quantitative estimate of drug-likeness (QED) is 0.926. The van der Waals surface area contributed by atoms with Crippen LogP contribution in [0.4, 0.5) is 0 Å². The van der Waals surface area contributed by atoms with Crippen molar-refractivity contribution >= 4 is 17.2 Å². The van der Waals surface area contributed by atoms with Crippen LogP contribution in [0.1, 0.15) is 22.6 Å². The number of likely N-dealkylation sites (N-methyl/N-ethyl adjacent to an activating group) is 1. The minimum atomic E-state index is 0.134. The van der Waals surface area contributed by atoms with Crippen molar-refractivity contribution in [1.82, 2.24) is 24.8 Å². The number of H-pyrrole nitrogens is 1. The fourth-order valence-electron chi connectivity index (χ4n) is 2.61. The number of piperazine rings is 1. The maximum Gasteiger partial charge on any atom is 0.228 e. The average molecular weight is 305 g/mol. The molecule has 1 amide bonds. The van der Waals surface area contributed by atoms with Crippen LogP contribution in [0.2, 0.25) is 0 Å². The number of amides is 1. The lowest BCUT2D eigenvalue weighted by Gasteiger charge is -2.38. The second-order valence-electron chi connectivity index (χ2n) is 5.35. The first kappa shape index (κ1) is 14.2. The Morgan fingerprint density at radius 1 is 1.52 bits per heavy atom. The molecule has 1 aliphatic rings. The Kier molecular flexibility index (Phi) is 4.03. The summed E-state index contributed by atoms with van der Waals surface area (Å²) in [5.41, 5.74) is 0.871. The van der Waals surface area contributed by atoms with Crippen LogP contribution >= 0.6 is 11.3 Å². The lowest BCUT2D eigenvalue weighted by atomic mass is 10.1. The molecule has 1 N–H and O–H groups in total. The molecule has 0 radical (unpaired) electrons. The Morgan fingerprint density at radius 2 is 2.38 bits per heavy atom. The van der Waals surface area contributed by atoms with E-state index in [0.717, 1.165) is 29.6 Å². The van der Waals surface area contributed by atoms with Gasteiger partial charge in [0.1, 0.15) is 5.82 Å². The first-order valence-electron chi connectivity index (χ1n) is 7.02. The highest BCUT2D eigenvalue weighted by atomic mass is 32.1. The Hall–Kier alpha value is -1.73. The normalized spacial score (nSPS) is 19.9. The third kappa shape index (κ3) is 3.14. The maximum atomic E-state index is 12.4. The summed E-state index contributed by atoms with van der Waals surface area (Å²) in [6.07, 6.45) is 3.96. The molecule has 21 heavy (non-hydrogen) atoms. The highest BCUT2D eigenvalue weighted by Crippen LogP contribution is 2.21. The van der Waals surface area contributed by atoms with Crippen molar-refractivity contribution in [3.8, 4) is 0 Å². The maximum absolute atomic E-state index is 12.4. The number of rotatable bonds is 3. The van der Waals surface area contributed by atoms with Gasteiger partial charge in [-0.15, -0.1) is 11.3 Å². The van der Waals surface area contributed by atoms with Crippen LogP contribution in [0.5, 0.6) is 0 Å². The second-order valence-corrected chi connectivity index (χ2v) is 6.41. The number of carbonyl (C=O) groups is 1. The van der Waals surface area contributed by atoms with E-state index in [9.17, 15) is 4.79 Å². The van der Waals surface area contributed by atoms with E-state index in [-0.39, 0.29) is 11.9 Å². The van der Waals surface area contributed by atoms with Gasteiger partial charge in [0.25, 0.3) is 0 Å². The number of aromatic nitrogens is 3. The van der Waals surface area contributed by atoms with Crippen molar-refractivity contribution in [1.29, 1.82) is 0 Å². The molecule has 0 bridgehead atoms. The molecular weight excluding hydrogens is 286 g/mol. The van der Waals surface area contributed by atoms with Crippen LogP contribution in [0, 0.1) is 6.92 Å². The number of aryl methyl sites for hydroxylation is 1. The van der Waals surface area contributed by atoms with Crippen molar-refractivity contribution < 1.29 is 4.79 Å². The number of hydrogen-bond donors (Lipinski definition) is 1. The zero-order valence-corrected chi connectivity index (χ0v) is 13.1. The Morgan fingerprint density at radius 3 is 3.05 bits per heavy atom. The van der Waals surface area contributed by atoms with Gasteiger partial charge in [-0.2, -0.15) is 0 Å². The van der Waals surface area contributed by atoms with Crippen molar-refractivity contribution in [3.05, 3.63) is 34.3 Å². The van der Waals surface area contributed by atoms with Gasteiger partial charge in [-0.05, 0) is 14.0 Å². The van der Waals surface area contributed by atoms with Crippen LogP contribution in [-0.4, -0.2) is 57.3 Å². The smallest absolute Gasteiger partial charge is 0.228 e. The summed E-state index contributed by atoms with van der Waals surface area (Å²) in [4.78, 5) is 28.4. The minimum Gasteiger partial charge on any atom is -0.347 e. The van der Waals surface area contributed by atoms with Crippen molar-refractivity contribution in [2.75, 3.05) is 26.7 Å². The number of carbonyl (C=O) groups excluding carboxylic acids is 1. The first-order valence-corrected chi connectivity index (χ1v) is 7.90. The summed E-state index contributed by atoms with van der Waals surface area (Å²) < 4.78 is 0. The van der Waals surface area contributed by atoms with E-state index in [4.69, 9.17) is 0 Å². The fourth-order valence-corrected chi connectivity index (χ4v) is 3.22. The molecule has 3 heterocycles. The molecule has 3 rings (SSSR count). The molecule has 6 nitrogen and oxygen atoms in total. The zero-order valence-electron chi connectivity index (χ0n) is 12.2. The molecule has 0 aliphatic carbocycles. The molecule has 1 aliphatic heterocycles. The third-order valence-corrected chi connectivity index (χ3v) is 4.66. The molecule has 2 aromatic rings. The predicted octanol–water partition coefficient (Wildman–Crippen LogP) is 1.23. The Bertz CT molecular complexity index is 609. The fraction of sp³-hybridized carbons (Fsp3) is 0.500. The highest BCUT2D eigenvalue weighted by Gasteiger charge is 2.29. The van der Waals surface area contributed by atoms with E-state index in [1.165, 1.54) is 0 Å². The van der Waals surface area contributed by atoms with Gasteiger partial charge >= 0.3 is 0 Å². The average Bonchev–Trinajstić information content (AvgIpc) is 3.11. The van der Waals surface area contributed by atoms with Crippen LogP contribution in [0.25, 0.3) is 0 Å². The van der Waals surface area contributed by atoms with E-state index in [1.54, 1.807) is 17.5 Å². The summed E-state index contributed by atoms with van der Waals surface area (Å²) in [6.45, 7) is 4.25. The second kappa shape index (κ2) is 5.95. The summed E-state index contributed by atoms with van der Waals surface area (Å²) in [5, 5.41) is 2.97. The van der Waals surface area contributed by atoms with Crippen LogP contribution in [0.15, 0.2) is 17.8 Å². The number of thiazole rings is 1. The summed E-state index contributed by atoms with van der Waals surface area (Å²) >= 11 is 1.59. The molecule has 0 unspecified atom stereocenters. The topological polar surface area (TPSA) is 65.1 Å². The van der Waals surface area contributed by atoms with Gasteiger partial charge in [-0.3, -0.25) is 9.69 Å². The van der Waals surface area contributed by atoms with Crippen LogP contribution in [-0.2, 0) is 11.2 Å². The summed E-state index contributed by atoms with van der Waals surface area (Å²) in [7, 11) is 2.07. The molecule has 2 aromatic heterocycles. The molecule has 0 spiro atoms. The van der Waals surface area contributed by atoms with Gasteiger partial charge in [0.15, 0.2) is 0 Å². The van der Waals surface area contributed by atoms with E-state index < -0.39 is 0 Å². The summed E-state index contributed by atoms with van der Waals surface area (Å²) in [5.74, 6) is 1.06. The van der Waals surface area contributed by atoms with Gasteiger partial charge in [0.2, 0.25) is 5.91 Å². The monoisotopic (exact) mass is 305 g/mol. The standard InChI is InChI=1S/C14H19N5OS/c1-10-17-11(9-21-10)7-13(20)19-6-5-18(2)12(8-19)14-15-3-4-16-14/h3-4,9,12H,5-8H2,1-2H3,(H,15,16)/t12-/m1/s1. The molecule has 0 aromatic carbocycles. The molecule has 1 fully saturated rings. The van der Waals surface area contributed by atoms with Gasteiger partial charge in [-0.1, -0.05) is 0 Å². The van der Waals surface area contributed by atoms with Crippen molar-refractivity contribution in [2.24, 2.45) is 0 Å². The van der Waals surface area contributed by atoms with Gasteiger partial charge in [0, 0.05) is 37.4 Å². The number of nitrogens with zero attached hydrogens (tertiary/aromatic N) is 4. The van der Waals surface area contributed by atoms with Crippen molar-refractivity contribution in [3.63, 3.8) is 0 Å². The molecule has 0 saturated carbocycles. The SMILES string of the molecule is Cc1nc(CC(=O)N2CCN(C)[C@@H](c3ncc[nH]3)C2)cs1. The predicted molar refractivity (Wildman–Crippen MR) is 81.1 cm³/mol. The number of hydrogen-bond acceptors (Lipinski definition) is 5. The van der Waals surface area contributed by atoms with E-state index in [1.807, 2.05) is 23.4 Å². The number of imidazole rings is 1. The highest BCUT2D eigenvalue weighted by molar-refractivity contribution is 7.09. The largest absolute Gasteiger partial charge is 0.347 e. The minimum absolute atomic E-state index is 0.134. The van der Waals surface area contributed by atoms with Gasteiger partial charge < -0.3 is 9.88 Å². The molecule has 7 heteroatoms. The molecular formula is C14H19N5OS. The molecule has 112 valence electrons. The first-order chi connectivity index (χ1) is 10.1. The Balaban J connectivity index is 1.67. The summed E-state index contributed by atoms with van der Waals surface area (Å²) in [6, 6.07) is 0.134. The van der Waals surface area contributed by atoms with Crippen LogP contribution < -0.4 is 0 Å². The zero-order chi connectivity index (χ0) is 14.8. The van der Waals surface area contributed by atoms with Crippen molar-refractivity contribution in [2.45, 2.75) is 19.4 Å². The van der Waals surface area contributed by atoms with Crippen LogP contribution in [0.3, 0.4) is 0 Å². The van der Waals surface area contributed by atoms with E-state index >= 15 is 0 Å². The third-order valence-electron chi connectivity index (χ3n) is 3.83.